The summed E-state index contributed by atoms with van der Waals surface area (Å²) < 4.78 is 0. The molecule has 0 aliphatic heterocycles. The van der Waals surface area contributed by atoms with E-state index in [1.54, 1.807) is 0 Å². The average Bonchev–Trinajstić information content (AvgIpc) is 2.20. The maximum absolute atomic E-state index is 10.9. The van der Waals surface area contributed by atoms with E-state index >= 15 is 0 Å². The van der Waals surface area contributed by atoms with E-state index in [4.69, 9.17) is 5.11 Å². The maximum atomic E-state index is 10.9. The molecule has 6 heteroatoms. The number of hydrogen-bond acceptors (Lipinski definition) is 4. The van der Waals surface area contributed by atoms with Crippen molar-refractivity contribution in [2.24, 2.45) is 0 Å². The smallest absolute Gasteiger partial charge is 0.325 e. The zero-order valence-corrected chi connectivity index (χ0v) is 7.48. The summed E-state index contributed by atoms with van der Waals surface area (Å²) in [6.45, 7) is 0. The first-order chi connectivity index (χ1) is 6.74. The van der Waals surface area contributed by atoms with Crippen molar-refractivity contribution < 1.29 is 9.90 Å². The van der Waals surface area contributed by atoms with Gasteiger partial charge in [-0.2, -0.15) is 0 Å². The Morgan fingerprint density at radius 1 is 1.36 bits per heavy atom. The third kappa shape index (κ3) is 3.63. The highest BCUT2D eigenvalue weighted by Crippen LogP contribution is 1.86. The van der Waals surface area contributed by atoms with Crippen LogP contribution in [0.15, 0.2) is 21.9 Å². The van der Waals surface area contributed by atoms with E-state index in [0.29, 0.717) is 6.29 Å². The van der Waals surface area contributed by atoms with E-state index in [9.17, 15) is 14.4 Å². The fraction of sp³-hybridized carbons (Fsp3) is 0.125. The number of hydrogen-bond donors (Lipinski definition) is 3. The summed E-state index contributed by atoms with van der Waals surface area (Å²) in [5.74, 6) is 0. The molecule has 0 saturated heterocycles. The van der Waals surface area contributed by atoms with Gasteiger partial charge in [-0.3, -0.25) is 14.6 Å². The third-order valence-corrected chi connectivity index (χ3v) is 1.20. The number of H-pyrrole nitrogens is 2. The number of nitrogens with one attached hydrogen (secondary N) is 2. The predicted molar refractivity (Wildman–Crippen MR) is 50.9 cm³/mol. The van der Waals surface area contributed by atoms with Crippen LogP contribution in [-0.4, -0.2) is 28.5 Å². The van der Waals surface area contributed by atoms with Gasteiger partial charge in [-0.25, -0.2) is 4.79 Å². The molecule has 14 heavy (non-hydrogen) atoms. The van der Waals surface area contributed by atoms with E-state index in [2.05, 4.69) is 4.98 Å². The summed E-state index contributed by atoms with van der Waals surface area (Å²) in [7, 11) is 1.00. The van der Waals surface area contributed by atoms with Gasteiger partial charge in [0, 0.05) is 13.3 Å². The van der Waals surface area contributed by atoms with Crippen molar-refractivity contribution in [2.75, 3.05) is 7.11 Å². The predicted octanol–water partition coefficient (Wildman–Crippen LogP) is -1.12. The van der Waals surface area contributed by atoms with Crippen LogP contribution in [0.1, 0.15) is 5.56 Å². The van der Waals surface area contributed by atoms with Gasteiger partial charge in [-0.05, 0) is 12.2 Å². The first-order valence-electron chi connectivity index (χ1n) is 3.62. The molecule has 0 aromatic carbocycles. The van der Waals surface area contributed by atoms with Gasteiger partial charge in [0.15, 0.2) is 0 Å². The fourth-order valence-electron chi connectivity index (χ4n) is 0.687. The Labute approximate surface area is 78.9 Å². The number of aldehydes is 1. The molecule has 0 spiro atoms. The first kappa shape index (κ1) is 12.0. The van der Waals surface area contributed by atoms with Gasteiger partial charge >= 0.3 is 5.69 Å². The summed E-state index contributed by atoms with van der Waals surface area (Å²) >= 11 is 0. The van der Waals surface area contributed by atoms with Gasteiger partial charge in [0.25, 0.3) is 5.56 Å². The van der Waals surface area contributed by atoms with Crippen LogP contribution in [0, 0.1) is 0 Å². The standard InChI is InChI=1S/C7H6N2O3.CH4O/c10-3-1-2-5-4-8-7(12)9-6(5)11;1-2/h1-4H,(H2,8,9,11,12);2H,1H3/b2-1+;. The van der Waals surface area contributed by atoms with Crippen molar-refractivity contribution >= 4 is 12.4 Å². The van der Waals surface area contributed by atoms with Crippen molar-refractivity contribution in [1.82, 2.24) is 9.97 Å². The second-order valence-corrected chi connectivity index (χ2v) is 2.02. The summed E-state index contributed by atoms with van der Waals surface area (Å²) in [5.41, 5.74) is -0.846. The van der Waals surface area contributed by atoms with Crippen LogP contribution in [0.5, 0.6) is 0 Å². The SMILES string of the molecule is CO.O=C/C=C/c1c[nH]c(=O)[nH]c1=O. The highest BCUT2D eigenvalue weighted by molar-refractivity contribution is 5.73. The van der Waals surface area contributed by atoms with Crippen molar-refractivity contribution in [3.63, 3.8) is 0 Å². The molecule has 0 saturated carbocycles. The molecular formula is C8H10N2O4. The molecule has 1 aromatic rings. The van der Waals surface area contributed by atoms with Crippen molar-refractivity contribution in [2.45, 2.75) is 0 Å². The molecule has 76 valence electrons. The highest BCUT2D eigenvalue weighted by Gasteiger charge is 1.93. The van der Waals surface area contributed by atoms with Crippen LogP contribution < -0.4 is 11.2 Å². The average molecular weight is 198 g/mol. The second-order valence-electron chi connectivity index (χ2n) is 2.02. The molecule has 1 heterocycles. The van der Waals surface area contributed by atoms with Gasteiger partial charge in [0.1, 0.15) is 6.29 Å². The Balaban J connectivity index is 0.000000791. The van der Waals surface area contributed by atoms with E-state index in [1.807, 2.05) is 4.98 Å². The molecule has 0 radical (unpaired) electrons. The van der Waals surface area contributed by atoms with Crippen LogP contribution in [0.3, 0.4) is 0 Å². The Morgan fingerprint density at radius 3 is 2.50 bits per heavy atom. The number of rotatable bonds is 2. The van der Waals surface area contributed by atoms with Gasteiger partial charge < -0.3 is 10.1 Å². The van der Waals surface area contributed by atoms with E-state index in [-0.39, 0.29) is 5.56 Å². The maximum Gasteiger partial charge on any atom is 0.325 e. The van der Waals surface area contributed by atoms with Gasteiger partial charge in [0.05, 0.1) is 5.56 Å². The molecular weight excluding hydrogens is 188 g/mol. The van der Waals surface area contributed by atoms with Gasteiger partial charge in [-0.1, -0.05) is 0 Å². The number of allylic oxidation sites excluding steroid dienone is 1. The molecule has 0 unspecified atom stereocenters. The number of aromatic nitrogens is 2. The Kier molecular flexibility index (Phi) is 5.64. The summed E-state index contributed by atoms with van der Waals surface area (Å²) in [6, 6.07) is 0. The summed E-state index contributed by atoms with van der Waals surface area (Å²) in [5, 5.41) is 7.00. The number of aromatic amines is 2. The molecule has 1 aromatic heterocycles. The van der Waals surface area contributed by atoms with Gasteiger partial charge in [-0.15, -0.1) is 0 Å². The van der Waals surface area contributed by atoms with Crippen LogP contribution in [0.4, 0.5) is 0 Å². The van der Waals surface area contributed by atoms with Crippen LogP contribution in [-0.2, 0) is 4.79 Å². The summed E-state index contributed by atoms with van der Waals surface area (Å²) in [4.78, 5) is 35.6. The number of carbonyl (C=O) groups excluding carboxylic acids is 1. The van der Waals surface area contributed by atoms with Crippen LogP contribution in [0.25, 0.3) is 6.08 Å². The monoisotopic (exact) mass is 198 g/mol. The van der Waals surface area contributed by atoms with E-state index < -0.39 is 11.2 Å². The molecule has 6 nitrogen and oxygen atoms in total. The lowest BCUT2D eigenvalue weighted by Crippen LogP contribution is -2.22. The Bertz CT molecular complexity index is 416. The molecule has 1 rings (SSSR count). The lowest BCUT2D eigenvalue weighted by atomic mass is 10.3. The molecule has 0 aliphatic rings. The Morgan fingerprint density at radius 2 is 2.00 bits per heavy atom. The topological polar surface area (TPSA) is 103 Å². The lowest BCUT2D eigenvalue weighted by molar-refractivity contribution is -0.104. The largest absolute Gasteiger partial charge is 0.400 e. The highest BCUT2D eigenvalue weighted by atomic mass is 16.2. The number of aliphatic hydroxyl groups is 1. The van der Waals surface area contributed by atoms with E-state index in [0.717, 1.165) is 7.11 Å². The van der Waals surface area contributed by atoms with Crippen molar-refractivity contribution in [1.29, 1.82) is 0 Å². The van der Waals surface area contributed by atoms with E-state index in [1.165, 1.54) is 18.3 Å². The zero-order valence-electron chi connectivity index (χ0n) is 7.48. The van der Waals surface area contributed by atoms with Gasteiger partial charge in [0.2, 0.25) is 0 Å². The molecule has 0 amide bonds. The molecule has 0 fully saturated rings. The zero-order chi connectivity index (χ0) is 11.0. The normalized spacial score (nSPS) is 9.29. The minimum Gasteiger partial charge on any atom is -0.400 e. The van der Waals surface area contributed by atoms with Crippen molar-refractivity contribution in [3.05, 3.63) is 38.7 Å². The van der Waals surface area contributed by atoms with Crippen molar-refractivity contribution in [3.8, 4) is 0 Å². The lowest BCUT2D eigenvalue weighted by Gasteiger charge is -1.87. The fourth-order valence-corrected chi connectivity index (χ4v) is 0.687. The minimum absolute atomic E-state index is 0.238. The molecule has 0 bridgehead atoms. The number of aliphatic hydroxyl groups excluding tert-OH is 1. The molecule has 3 N–H and O–H groups in total. The Hall–Kier alpha value is -1.95. The third-order valence-electron chi connectivity index (χ3n) is 1.20. The molecule has 0 aliphatic carbocycles. The first-order valence-corrected chi connectivity index (χ1v) is 3.62. The second kappa shape index (κ2) is 6.55. The van der Waals surface area contributed by atoms with Crippen LogP contribution in [0.2, 0.25) is 0 Å². The minimum atomic E-state index is -0.566. The number of carbonyl (C=O) groups is 1. The van der Waals surface area contributed by atoms with Crippen LogP contribution >= 0.6 is 0 Å². The summed E-state index contributed by atoms with van der Waals surface area (Å²) in [6.07, 6.45) is 4.26. The quantitative estimate of drug-likeness (QED) is 0.414. The molecule has 0 atom stereocenters.